The van der Waals surface area contributed by atoms with Crippen LogP contribution in [0.5, 0.6) is 0 Å². The van der Waals surface area contributed by atoms with Crippen LogP contribution >= 0.6 is 0 Å². The Bertz CT molecular complexity index is 36.2. The van der Waals surface area contributed by atoms with Crippen LogP contribution in [0.15, 0.2) is 0 Å². The summed E-state index contributed by atoms with van der Waals surface area (Å²) in [6, 6.07) is 0. The third-order valence-electron chi connectivity index (χ3n) is 0. The summed E-state index contributed by atoms with van der Waals surface area (Å²) in [5, 5.41) is 0. The van der Waals surface area contributed by atoms with E-state index in [2.05, 4.69) is 0 Å². The molecule has 0 saturated carbocycles. The molecule has 0 rings (SSSR count). The summed E-state index contributed by atoms with van der Waals surface area (Å²) in [6.45, 7) is 0. The van der Waals surface area contributed by atoms with Crippen molar-refractivity contribution in [3.8, 4) is 0 Å². The Morgan fingerprint density at radius 3 is 1.25 bits per heavy atom. The van der Waals surface area contributed by atoms with Gasteiger partial charge in [0.1, 0.15) is 9.05 Å². The fraction of sp³-hybridized carbons (Fsp3) is 0. The normalized spacial score (nSPS) is 8.00. The Morgan fingerprint density at radius 2 is 1.25 bits per heavy atom. The summed E-state index contributed by atoms with van der Waals surface area (Å²) in [7, 11) is -5.11. The maximum Gasteiger partial charge on any atom is 1.00 e. The zero-order chi connectivity index (χ0) is 6.50. The molecule has 0 fully saturated rings. The van der Waals surface area contributed by atoms with E-state index < -0.39 is 9.05 Å². The van der Waals surface area contributed by atoms with Crippen LogP contribution in [0, 0.1) is 4.91 Å². The van der Waals surface area contributed by atoms with E-state index >= 15 is 0 Å². The fourth-order valence-electron chi connectivity index (χ4n) is 0. The van der Waals surface area contributed by atoms with Gasteiger partial charge < -0.3 is 19.2 Å². The molecule has 0 aromatic carbocycles. The summed E-state index contributed by atoms with van der Waals surface area (Å²) in [6.07, 6.45) is 0. The second-order valence-electron chi connectivity index (χ2n) is 0.548. The van der Waals surface area contributed by atoms with Gasteiger partial charge in [-0.25, -0.2) is 0 Å². The van der Waals surface area contributed by atoms with Crippen molar-refractivity contribution in [2.75, 3.05) is 0 Å². The molecule has 0 heterocycles. The van der Waals surface area contributed by atoms with Crippen LogP contribution < -0.4 is 34.0 Å². The molecule has 0 aliphatic heterocycles. The van der Waals surface area contributed by atoms with Crippen molar-refractivity contribution in [2.24, 2.45) is 0 Å². The van der Waals surface area contributed by atoms with Crippen LogP contribution in [0.4, 0.5) is 0 Å². The average molecular weight is 131 g/mol. The van der Waals surface area contributed by atoms with Gasteiger partial charge in [-0.1, -0.05) is 0 Å². The van der Waals surface area contributed by atoms with Crippen molar-refractivity contribution in [3.63, 3.8) is 0 Å². The monoisotopic (exact) mass is 131 g/mol. The molecule has 2 radical (unpaired) electrons. The number of hydrogen-bond acceptors (Lipinski definition) is 5. The number of rotatable bonds is 0. The molecule has 0 aromatic rings. The molecule has 0 atom stereocenters. The van der Waals surface area contributed by atoms with Crippen molar-refractivity contribution in [1.29, 1.82) is 0 Å². The van der Waals surface area contributed by atoms with Gasteiger partial charge in [0, 0.05) is 0 Å². The molecule has 0 aliphatic carbocycles. The predicted molar refractivity (Wildman–Crippen MR) is 15.7 cm³/mol. The van der Waals surface area contributed by atoms with Crippen molar-refractivity contribution in [1.82, 2.24) is 5.59 Å². The Hall–Kier alpha value is 0.254. The predicted octanol–water partition coefficient (Wildman–Crippen LogP) is -7.32. The van der Waals surface area contributed by atoms with Gasteiger partial charge in [-0.05, 0) is 0 Å². The van der Waals surface area contributed by atoms with Gasteiger partial charge in [0.25, 0.3) is 0 Å². The topological polar surface area (TPSA) is 126 Å². The fourth-order valence-corrected chi connectivity index (χ4v) is 0. The second-order valence-corrected chi connectivity index (χ2v) is 1.65. The second kappa shape index (κ2) is 7.25. The molecular formula is H2LiNO5Si. The Kier molecular flexibility index (Phi) is 14.3. The van der Waals surface area contributed by atoms with Crippen molar-refractivity contribution in [2.45, 2.75) is 0 Å². The zero-order valence-electron chi connectivity index (χ0n) is 4.07. The first-order valence-electron chi connectivity index (χ1n) is 1.04. The van der Waals surface area contributed by atoms with Gasteiger partial charge in [-0.3, -0.25) is 0 Å². The zero-order valence-corrected chi connectivity index (χ0v) is 5.07. The smallest absolute Gasteiger partial charge is 0.828 e. The molecule has 6 nitrogen and oxygen atoms in total. The average Bonchev–Trinajstić information content (AvgIpc) is 1.36. The summed E-state index contributed by atoms with van der Waals surface area (Å²) in [4.78, 5) is 39.1. The van der Waals surface area contributed by atoms with E-state index in [1.807, 2.05) is 0 Å². The van der Waals surface area contributed by atoms with E-state index in [1.54, 1.807) is 0 Å². The SMILES string of the molecule is [Li+].[N+]=O.[O-][Si]([O-])(O)O. The van der Waals surface area contributed by atoms with Crippen molar-refractivity contribution >= 4 is 9.05 Å². The molecule has 0 aromatic heterocycles. The van der Waals surface area contributed by atoms with Crippen LogP contribution in [0.3, 0.4) is 0 Å². The summed E-state index contributed by atoms with van der Waals surface area (Å²) in [5.74, 6) is 0. The molecule has 2 N–H and O–H groups in total. The molecule has 0 unspecified atom stereocenters. The molecule has 8 heteroatoms. The number of nitrogens with zero attached hydrogens (tertiary/aromatic N) is 1. The van der Waals surface area contributed by atoms with E-state index in [1.165, 1.54) is 0 Å². The number of hydrogen-bond donors (Lipinski definition) is 2. The third-order valence-corrected chi connectivity index (χ3v) is 0. The largest absolute Gasteiger partial charge is 1.00 e. The first kappa shape index (κ1) is 15.7. The van der Waals surface area contributed by atoms with Gasteiger partial charge in [0.15, 0.2) is 4.91 Å². The van der Waals surface area contributed by atoms with Crippen LogP contribution in [0.1, 0.15) is 0 Å². The molecule has 42 valence electrons. The minimum atomic E-state index is -5.11. The standard InChI is InChI=1S/Li.NO.H2O4Si/c;1-2;1-5(2,3)4/h;;1-2H/q2*+1;-2. The number of nitroso groups, excluding NO2 is 1. The van der Waals surface area contributed by atoms with Gasteiger partial charge in [0.2, 0.25) is 0 Å². The van der Waals surface area contributed by atoms with E-state index in [-0.39, 0.29) is 18.9 Å². The maximum atomic E-state index is 8.80. The first-order valence-corrected chi connectivity index (χ1v) is 2.75. The van der Waals surface area contributed by atoms with Crippen molar-refractivity contribution < 1.29 is 38.0 Å². The van der Waals surface area contributed by atoms with Crippen molar-refractivity contribution in [3.05, 3.63) is 4.91 Å². The molecule has 8 heavy (non-hydrogen) atoms. The van der Waals surface area contributed by atoms with Crippen LogP contribution in [0.2, 0.25) is 0 Å². The molecular weight excluding hydrogens is 129 g/mol. The van der Waals surface area contributed by atoms with Gasteiger partial charge in [-0.2, -0.15) is 0 Å². The van der Waals surface area contributed by atoms with E-state index in [9.17, 15) is 0 Å². The van der Waals surface area contributed by atoms with Crippen LogP contribution in [-0.4, -0.2) is 18.6 Å². The third kappa shape index (κ3) is 2670. The Morgan fingerprint density at radius 1 is 1.25 bits per heavy atom. The van der Waals surface area contributed by atoms with E-state index in [0.717, 1.165) is 0 Å². The van der Waals surface area contributed by atoms with E-state index in [0.29, 0.717) is 0 Å². The quantitative estimate of drug-likeness (QED) is 0.316. The maximum absolute atomic E-state index is 8.80. The summed E-state index contributed by atoms with van der Waals surface area (Å²) >= 11 is 0. The Labute approximate surface area is 58.2 Å². The Balaban J connectivity index is -0.0000000750. The molecule has 0 bridgehead atoms. The van der Waals surface area contributed by atoms with Crippen LogP contribution in [0.25, 0.3) is 0 Å². The molecule has 0 spiro atoms. The van der Waals surface area contributed by atoms with Gasteiger partial charge >= 0.3 is 24.5 Å². The molecule has 0 saturated heterocycles. The van der Waals surface area contributed by atoms with Gasteiger partial charge in [0.05, 0.1) is 0 Å². The summed E-state index contributed by atoms with van der Waals surface area (Å²) in [5.41, 5.74) is 5.75. The minimum Gasteiger partial charge on any atom is -0.828 e. The van der Waals surface area contributed by atoms with Gasteiger partial charge in [-0.15, -0.1) is 0 Å². The first-order chi connectivity index (χ1) is 3.00. The van der Waals surface area contributed by atoms with Crippen LogP contribution in [-0.2, 0) is 0 Å². The minimum absolute atomic E-state index is 0. The summed E-state index contributed by atoms with van der Waals surface area (Å²) < 4.78 is 0. The molecule has 0 amide bonds. The molecule has 0 aliphatic rings. The van der Waals surface area contributed by atoms with E-state index in [4.69, 9.17) is 29.7 Å².